The zero-order chi connectivity index (χ0) is 12.4. The van der Waals surface area contributed by atoms with Crippen molar-refractivity contribution in [2.75, 3.05) is 18.5 Å². The van der Waals surface area contributed by atoms with Gasteiger partial charge in [0.1, 0.15) is 5.52 Å². The van der Waals surface area contributed by atoms with Gasteiger partial charge in [0.25, 0.3) is 0 Å². The number of hydrogen-bond acceptors (Lipinski definition) is 5. The van der Waals surface area contributed by atoms with Crippen LogP contribution in [0, 0.1) is 0 Å². The van der Waals surface area contributed by atoms with E-state index in [9.17, 15) is 0 Å². The van der Waals surface area contributed by atoms with Crippen molar-refractivity contribution in [3.63, 3.8) is 0 Å². The molecule has 1 saturated heterocycles. The van der Waals surface area contributed by atoms with E-state index >= 15 is 0 Å². The number of rotatable bonds is 2. The molecule has 2 aromatic heterocycles. The number of pyridine rings is 1. The molecule has 0 spiro atoms. The van der Waals surface area contributed by atoms with Crippen LogP contribution in [0.2, 0.25) is 5.28 Å². The van der Waals surface area contributed by atoms with Gasteiger partial charge in [0, 0.05) is 25.5 Å². The third-order valence-corrected chi connectivity index (χ3v) is 3.16. The first-order valence-electron chi connectivity index (χ1n) is 5.95. The molecule has 0 radical (unpaired) electrons. The Labute approximate surface area is 110 Å². The van der Waals surface area contributed by atoms with Crippen molar-refractivity contribution in [3.05, 3.63) is 23.6 Å². The Morgan fingerprint density at radius 2 is 2.11 bits per heavy atom. The number of ether oxygens (including phenoxy) is 1. The lowest BCUT2D eigenvalue weighted by Crippen LogP contribution is -2.28. The third-order valence-electron chi connectivity index (χ3n) is 2.99. The lowest BCUT2D eigenvalue weighted by atomic mass is 10.1. The maximum absolute atomic E-state index is 5.93. The molecule has 1 fully saturated rings. The summed E-state index contributed by atoms with van der Waals surface area (Å²) >= 11 is 5.93. The molecule has 0 aromatic carbocycles. The monoisotopic (exact) mass is 264 g/mol. The molecule has 0 atom stereocenters. The summed E-state index contributed by atoms with van der Waals surface area (Å²) in [5, 5.41) is 3.63. The van der Waals surface area contributed by atoms with E-state index in [-0.39, 0.29) is 5.28 Å². The summed E-state index contributed by atoms with van der Waals surface area (Å²) in [7, 11) is 0. The SMILES string of the molecule is Clc1nc(NC2CCOCC2)c2ncccc2n1. The summed E-state index contributed by atoms with van der Waals surface area (Å²) in [5.74, 6) is 0.706. The first kappa shape index (κ1) is 11.6. The molecule has 0 saturated carbocycles. The molecule has 94 valence electrons. The van der Waals surface area contributed by atoms with Gasteiger partial charge in [0.15, 0.2) is 5.82 Å². The lowest BCUT2D eigenvalue weighted by Gasteiger charge is -2.23. The normalized spacial score (nSPS) is 16.9. The molecule has 0 unspecified atom stereocenters. The van der Waals surface area contributed by atoms with Crippen LogP contribution >= 0.6 is 11.6 Å². The molecule has 1 aliphatic rings. The van der Waals surface area contributed by atoms with Crippen molar-refractivity contribution >= 4 is 28.5 Å². The standard InChI is InChI=1S/C12H13ClN4O/c13-12-16-9-2-1-5-14-10(9)11(17-12)15-8-3-6-18-7-4-8/h1-2,5,8H,3-4,6-7H2,(H,15,16,17). The highest BCUT2D eigenvalue weighted by Crippen LogP contribution is 2.22. The van der Waals surface area contributed by atoms with E-state index in [1.54, 1.807) is 6.20 Å². The van der Waals surface area contributed by atoms with Crippen molar-refractivity contribution in [3.8, 4) is 0 Å². The minimum Gasteiger partial charge on any atom is -0.381 e. The minimum absolute atomic E-state index is 0.241. The number of anilines is 1. The van der Waals surface area contributed by atoms with Gasteiger partial charge in [0.05, 0.1) is 5.52 Å². The van der Waals surface area contributed by atoms with Gasteiger partial charge in [-0.2, -0.15) is 4.98 Å². The van der Waals surface area contributed by atoms with Gasteiger partial charge >= 0.3 is 0 Å². The minimum atomic E-state index is 0.241. The maximum atomic E-state index is 5.93. The Morgan fingerprint density at radius 1 is 1.28 bits per heavy atom. The summed E-state index contributed by atoms with van der Waals surface area (Å²) in [6.07, 6.45) is 3.67. The van der Waals surface area contributed by atoms with Gasteiger partial charge in [-0.05, 0) is 36.6 Å². The van der Waals surface area contributed by atoms with Crippen LogP contribution in [0.1, 0.15) is 12.8 Å². The number of nitrogens with one attached hydrogen (secondary N) is 1. The molecule has 18 heavy (non-hydrogen) atoms. The Hall–Kier alpha value is -1.46. The fourth-order valence-corrected chi connectivity index (χ4v) is 2.25. The third kappa shape index (κ3) is 2.37. The van der Waals surface area contributed by atoms with Crippen LogP contribution in [0.5, 0.6) is 0 Å². The van der Waals surface area contributed by atoms with Crippen LogP contribution in [-0.2, 0) is 4.74 Å². The summed E-state index contributed by atoms with van der Waals surface area (Å²) in [5.41, 5.74) is 1.51. The number of aromatic nitrogens is 3. The van der Waals surface area contributed by atoms with Crippen molar-refractivity contribution in [2.24, 2.45) is 0 Å². The second-order valence-corrected chi connectivity index (χ2v) is 4.58. The van der Waals surface area contributed by atoms with Gasteiger partial charge in [0.2, 0.25) is 5.28 Å². The van der Waals surface area contributed by atoms with Crippen LogP contribution in [0.4, 0.5) is 5.82 Å². The highest BCUT2D eigenvalue weighted by atomic mass is 35.5. The summed E-state index contributed by atoms with van der Waals surface area (Å²) in [4.78, 5) is 12.7. The largest absolute Gasteiger partial charge is 0.381 e. The average Bonchev–Trinajstić information content (AvgIpc) is 2.40. The summed E-state index contributed by atoms with van der Waals surface area (Å²) < 4.78 is 5.33. The predicted octanol–water partition coefficient (Wildman–Crippen LogP) is 2.27. The van der Waals surface area contributed by atoms with Gasteiger partial charge < -0.3 is 10.1 Å². The molecule has 0 aliphatic carbocycles. The number of halogens is 1. The van der Waals surface area contributed by atoms with Crippen LogP contribution in [0.25, 0.3) is 11.0 Å². The van der Waals surface area contributed by atoms with E-state index in [1.165, 1.54) is 0 Å². The predicted molar refractivity (Wildman–Crippen MR) is 69.8 cm³/mol. The van der Waals surface area contributed by atoms with Crippen LogP contribution in [0.15, 0.2) is 18.3 Å². The smallest absolute Gasteiger partial charge is 0.225 e. The maximum Gasteiger partial charge on any atom is 0.225 e. The van der Waals surface area contributed by atoms with E-state index in [4.69, 9.17) is 16.3 Å². The van der Waals surface area contributed by atoms with Gasteiger partial charge in [-0.1, -0.05) is 0 Å². The molecule has 0 amide bonds. The first-order valence-corrected chi connectivity index (χ1v) is 6.33. The summed E-state index contributed by atoms with van der Waals surface area (Å²) in [6.45, 7) is 1.56. The molecular formula is C12H13ClN4O. The quantitative estimate of drug-likeness (QED) is 0.843. The van der Waals surface area contributed by atoms with E-state index in [0.29, 0.717) is 11.9 Å². The fraction of sp³-hybridized carbons (Fsp3) is 0.417. The topological polar surface area (TPSA) is 59.9 Å². The average molecular weight is 265 g/mol. The summed E-state index contributed by atoms with van der Waals surface area (Å²) in [6, 6.07) is 4.07. The first-order chi connectivity index (χ1) is 8.83. The van der Waals surface area contributed by atoms with Crippen molar-refractivity contribution in [1.29, 1.82) is 0 Å². The molecule has 6 heteroatoms. The van der Waals surface area contributed by atoms with Gasteiger partial charge in [-0.3, -0.25) is 4.98 Å². The van der Waals surface area contributed by atoms with Gasteiger partial charge in [-0.15, -0.1) is 0 Å². The number of hydrogen-bond donors (Lipinski definition) is 1. The molecule has 3 heterocycles. The second-order valence-electron chi connectivity index (χ2n) is 4.24. The van der Waals surface area contributed by atoms with Crippen LogP contribution < -0.4 is 5.32 Å². The zero-order valence-electron chi connectivity index (χ0n) is 9.77. The molecule has 0 bridgehead atoms. The molecule has 1 N–H and O–H groups in total. The Balaban J connectivity index is 1.94. The number of fused-ring (bicyclic) bond motifs is 1. The molecule has 5 nitrogen and oxygen atoms in total. The van der Waals surface area contributed by atoms with Crippen molar-refractivity contribution < 1.29 is 4.74 Å². The Kier molecular flexibility index (Phi) is 3.25. The molecule has 1 aliphatic heterocycles. The van der Waals surface area contributed by atoms with Crippen molar-refractivity contribution in [1.82, 2.24) is 15.0 Å². The fourth-order valence-electron chi connectivity index (χ4n) is 2.07. The highest BCUT2D eigenvalue weighted by Gasteiger charge is 2.16. The van der Waals surface area contributed by atoms with E-state index < -0.39 is 0 Å². The van der Waals surface area contributed by atoms with Crippen molar-refractivity contribution in [2.45, 2.75) is 18.9 Å². The highest BCUT2D eigenvalue weighted by molar-refractivity contribution is 6.28. The molecule has 3 rings (SSSR count). The van der Waals surface area contributed by atoms with E-state index in [1.807, 2.05) is 12.1 Å². The van der Waals surface area contributed by atoms with Crippen LogP contribution in [0.3, 0.4) is 0 Å². The van der Waals surface area contributed by atoms with Gasteiger partial charge in [-0.25, -0.2) is 4.98 Å². The van der Waals surface area contributed by atoms with Crippen LogP contribution in [-0.4, -0.2) is 34.2 Å². The Morgan fingerprint density at radius 3 is 2.94 bits per heavy atom. The van der Waals surface area contributed by atoms with E-state index in [0.717, 1.165) is 37.1 Å². The molecular weight excluding hydrogens is 252 g/mol. The lowest BCUT2D eigenvalue weighted by molar-refractivity contribution is 0.0904. The van der Waals surface area contributed by atoms with E-state index in [2.05, 4.69) is 20.3 Å². The Bertz CT molecular complexity index is 557. The zero-order valence-corrected chi connectivity index (χ0v) is 10.5. The molecule has 2 aromatic rings. The second kappa shape index (κ2) is 5.04. The number of nitrogens with zero attached hydrogens (tertiary/aromatic N) is 3.